The van der Waals surface area contributed by atoms with Crippen molar-refractivity contribution < 1.29 is 23.1 Å². The fraction of sp³-hybridized carbons (Fsp3) is 0.417. The molecule has 0 saturated carbocycles. The molecular weight excluding hydrogens is 338 g/mol. The van der Waals surface area contributed by atoms with Crippen molar-refractivity contribution in [1.82, 2.24) is 0 Å². The van der Waals surface area contributed by atoms with E-state index in [0.29, 0.717) is 16.5 Å². The summed E-state index contributed by atoms with van der Waals surface area (Å²) in [4.78, 5) is 11.1. The number of hydrogen-bond acceptors (Lipinski definition) is 6. The van der Waals surface area contributed by atoms with Crippen LogP contribution in [0.2, 0.25) is 0 Å². The van der Waals surface area contributed by atoms with Gasteiger partial charge in [-0.25, -0.2) is 8.42 Å². The van der Waals surface area contributed by atoms with E-state index in [-0.39, 0.29) is 28.1 Å². The van der Waals surface area contributed by atoms with Crippen molar-refractivity contribution in [2.45, 2.75) is 17.9 Å². The summed E-state index contributed by atoms with van der Waals surface area (Å²) < 4.78 is 29.3. The number of aliphatic hydroxyl groups is 1. The largest absolute Gasteiger partial charge is 0.495 e. The number of nitrogens with one attached hydrogen (secondary N) is 1. The van der Waals surface area contributed by atoms with Gasteiger partial charge in [-0.15, -0.1) is 11.6 Å². The highest BCUT2D eigenvalue weighted by atomic mass is 35.5. The number of rotatable bonds is 7. The summed E-state index contributed by atoms with van der Waals surface area (Å²) in [6, 6.07) is 4.14. The second-order valence-corrected chi connectivity index (χ2v) is 8.37. The first kappa shape index (κ1) is 18.1. The number of carbonyl (C=O) groups is 1. The van der Waals surface area contributed by atoms with E-state index in [1.54, 1.807) is 0 Å². The number of ether oxygens (including phenoxy) is 1. The zero-order chi connectivity index (χ0) is 16.0. The van der Waals surface area contributed by atoms with E-state index in [1.807, 2.05) is 0 Å². The fourth-order valence-electron chi connectivity index (χ4n) is 1.41. The summed E-state index contributed by atoms with van der Waals surface area (Å²) in [6.45, 7) is 1.31. The molecule has 0 spiro atoms. The number of halogens is 1. The molecule has 0 fully saturated rings. The SMILES string of the molecule is COc1ccc(S(=O)(=O)SCC(O)CCl)cc1NC(C)=O. The Morgan fingerprint density at radius 1 is 1.52 bits per heavy atom. The zero-order valence-electron chi connectivity index (χ0n) is 11.5. The predicted octanol–water partition coefficient (Wildman–Crippen LogP) is 1.68. The van der Waals surface area contributed by atoms with Gasteiger partial charge in [0.2, 0.25) is 14.8 Å². The van der Waals surface area contributed by atoms with Crippen LogP contribution in [0.15, 0.2) is 23.1 Å². The average Bonchev–Trinajstić information content (AvgIpc) is 2.44. The van der Waals surface area contributed by atoms with Gasteiger partial charge in [0.25, 0.3) is 0 Å². The predicted molar refractivity (Wildman–Crippen MR) is 83.7 cm³/mol. The third-order valence-corrected chi connectivity index (χ3v) is 6.30. The summed E-state index contributed by atoms with van der Waals surface area (Å²) in [6.07, 6.45) is -0.903. The Morgan fingerprint density at radius 2 is 2.19 bits per heavy atom. The highest BCUT2D eigenvalue weighted by Crippen LogP contribution is 2.31. The number of amides is 1. The highest BCUT2D eigenvalue weighted by Gasteiger charge is 2.19. The summed E-state index contributed by atoms with van der Waals surface area (Å²) in [5, 5.41) is 11.8. The van der Waals surface area contributed by atoms with Crippen molar-refractivity contribution in [3.63, 3.8) is 0 Å². The molecule has 1 amide bonds. The molecule has 0 saturated heterocycles. The van der Waals surface area contributed by atoms with Gasteiger partial charge in [-0.05, 0) is 29.0 Å². The summed E-state index contributed by atoms with van der Waals surface area (Å²) in [7, 11) is -1.65. The van der Waals surface area contributed by atoms with Crippen LogP contribution >= 0.6 is 22.4 Å². The van der Waals surface area contributed by atoms with E-state index in [9.17, 15) is 18.3 Å². The Balaban J connectivity index is 3.04. The van der Waals surface area contributed by atoms with Gasteiger partial charge in [-0.2, -0.15) is 0 Å². The van der Waals surface area contributed by atoms with Gasteiger partial charge in [-0.1, -0.05) is 0 Å². The maximum Gasteiger partial charge on any atom is 0.230 e. The smallest absolute Gasteiger partial charge is 0.230 e. The van der Waals surface area contributed by atoms with Crippen LogP contribution in [-0.2, 0) is 13.7 Å². The van der Waals surface area contributed by atoms with Gasteiger partial charge >= 0.3 is 0 Å². The molecule has 1 aromatic carbocycles. The van der Waals surface area contributed by atoms with Crippen molar-refractivity contribution in [2.24, 2.45) is 0 Å². The Kier molecular flexibility index (Phi) is 6.79. The van der Waals surface area contributed by atoms with Gasteiger partial charge in [0.15, 0.2) is 0 Å². The van der Waals surface area contributed by atoms with Gasteiger partial charge in [0.05, 0.1) is 23.8 Å². The summed E-state index contributed by atoms with van der Waals surface area (Å²) in [5.74, 6) is -0.0571. The van der Waals surface area contributed by atoms with Gasteiger partial charge in [0, 0.05) is 18.6 Å². The fourth-order valence-corrected chi connectivity index (χ4v) is 4.46. The molecule has 1 aromatic rings. The van der Waals surface area contributed by atoms with Crippen LogP contribution in [-0.4, -0.2) is 44.3 Å². The summed E-state index contributed by atoms with van der Waals surface area (Å²) >= 11 is 5.43. The first-order valence-corrected chi connectivity index (χ1v) is 9.41. The number of alkyl halides is 1. The lowest BCUT2D eigenvalue weighted by molar-refractivity contribution is -0.114. The number of hydrogen-bond donors (Lipinski definition) is 2. The van der Waals surface area contributed by atoms with Crippen LogP contribution < -0.4 is 10.1 Å². The molecule has 2 N–H and O–H groups in total. The van der Waals surface area contributed by atoms with Crippen LogP contribution in [0.3, 0.4) is 0 Å². The minimum atomic E-state index is -3.66. The van der Waals surface area contributed by atoms with Crippen molar-refractivity contribution in [2.75, 3.05) is 24.1 Å². The number of aliphatic hydroxyl groups excluding tert-OH is 1. The lowest BCUT2D eigenvalue weighted by atomic mass is 10.3. The Morgan fingerprint density at radius 3 is 2.71 bits per heavy atom. The average molecular weight is 354 g/mol. The first-order valence-electron chi connectivity index (χ1n) is 5.89. The monoisotopic (exact) mass is 353 g/mol. The number of methoxy groups -OCH3 is 1. The van der Waals surface area contributed by atoms with Crippen LogP contribution in [0.1, 0.15) is 6.92 Å². The third kappa shape index (κ3) is 5.39. The molecule has 0 heterocycles. The third-order valence-electron chi connectivity index (χ3n) is 2.36. The standard InChI is InChI=1S/C12H16ClNO5S2/c1-8(15)14-11-5-10(3-4-12(11)19-2)21(17,18)20-7-9(16)6-13/h3-5,9,16H,6-7H2,1-2H3,(H,14,15). The van der Waals surface area contributed by atoms with Gasteiger partial charge < -0.3 is 15.2 Å². The molecule has 0 radical (unpaired) electrons. The molecule has 0 aliphatic rings. The van der Waals surface area contributed by atoms with E-state index in [0.717, 1.165) is 0 Å². The van der Waals surface area contributed by atoms with Crippen molar-refractivity contribution >= 4 is 42.9 Å². The molecule has 21 heavy (non-hydrogen) atoms. The first-order chi connectivity index (χ1) is 9.80. The molecule has 0 bridgehead atoms. The lowest BCUT2D eigenvalue weighted by Crippen LogP contribution is -2.13. The van der Waals surface area contributed by atoms with Crippen LogP contribution in [0, 0.1) is 0 Å². The van der Waals surface area contributed by atoms with Gasteiger partial charge in [-0.3, -0.25) is 4.79 Å². The summed E-state index contributed by atoms with van der Waals surface area (Å²) in [5.41, 5.74) is 0.268. The van der Waals surface area contributed by atoms with Crippen molar-refractivity contribution in [1.29, 1.82) is 0 Å². The maximum absolute atomic E-state index is 12.1. The van der Waals surface area contributed by atoms with Crippen LogP contribution in [0.25, 0.3) is 0 Å². The quantitative estimate of drug-likeness (QED) is 0.572. The Hall–Kier alpha value is -0.960. The topological polar surface area (TPSA) is 92.7 Å². The number of benzene rings is 1. The van der Waals surface area contributed by atoms with E-state index in [4.69, 9.17) is 16.3 Å². The van der Waals surface area contributed by atoms with Crippen molar-refractivity contribution in [3.8, 4) is 5.75 Å². The van der Waals surface area contributed by atoms with E-state index < -0.39 is 15.0 Å². The number of anilines is 1. The van der Waals surface area contributed by atoms with E-state index in [1.165, 1.54) is 32.2 Å². The molecule has 1 unspecified atom stereocenters. The molecule has 0 aliphatic heterocycles. The van der Waals surface area contributed by atoms with Gasteiger partial charge in [0.1, 0.15) is 5.75 Å². The Bertz CT molecular complexity index is 606. The van der Waals surface area contributed by atoms with E-state index in [2.05, 4.69) is 5.32 Å². The molecule has 0 aromatic heterocycles. The van der Waals surface area contributed by atoms with Crippen LogP contribution in [0.4, 0.5) is 5.69 Å². The minimum absolute atomic E-state index is 0.0128. The highest BCUT2D eigenvalue weighted by molar-refractivity contribution is 8.72. The minimum Gasteiger partial charge on any atom is -0.495 e. The zero-order valence-corrected chi connectivity index (χ0v) is 13.9. The second-order valence-electron chi connectivity index (χ2n) is 4.09. The molecule has 1 atom stereocenters. The molecule has 9 heteroatoms. The molecule has 118 valence electrons. The normalized spacial score (nSPS) is 12.8. The lowest BCUT2D eigenvalue weighted by Gasteiger charge is -2.12. The number of carbonyl (C=O) groups excluding carboxylic acids is 1. The molecule has 6 nitrogen and oxygen atoms in total. The molecule has 1 rings (SSSR count). The maximum atomic E-state index is 12.1. The molecule has 0 aliphatic carbocycles. The van der Waals surface area contributed by atoms with Crippen molar-refractivity contribution in [3.05, 3.63) is 18.2 Å². The molecular formula is C12H16ClNO5S2. The van der Waals surface area contributed by atoms with E-state index >= 15 is 0 Å². The second kappa shape index (κ2) is 7.88. The Labute approximate surface area is 132 Å². The van der Waals surface area contributed by atoms with Crippen LogP contribution in [0.5, 0.6) is 5.75 Å².